The van der Waals surface area contributed by atoms with Crippen molar-refractivity contribution in [3.63, 3.8) is 0 Å². The van der Waals surface area contributed by atoms with Crippen LogP contribution in [0.15, 0.2) is 547 Å². The van der Waals surface area contributed by atoms with Crippen LogP contribution in [0.3, 0.4) is 0 Å². The van der Waals surface area contributed by atoms with Gasteiger partial charge < -0.3 is 22.4 Å². The van der Waals surface area contributed by atoms with Gasteiger partial charge in [-0.3, -0.25) is 0 Å². The normalized spacial score (nSPS) is 11.9. The molecule has 0 N–H and O–H groups in total. The highest BCUT2D eigenvalue weighted by atomic mass is 32.1. The van der Waals surface area contributed by atoms with E-state index in [1.54, 1.807) is 0 Å². The van der Waals surface area contributed by atoms with Crippen LogP contribution in [-0.4, -0.2) is 9.13 Å². The maximum absolute atomic E-state index is 7.27. The monoisotopic (exact) mass is 1920 g/mol. The van der Waals surface area contributed by atoms with Gasteiger partial charge in [-0.25, -0.2) is 0 Å². The number of para-hydroxylation sites is 4. The third kappa shape index (κ3) is 14.9. The van der Waals surface area contributed by atoms with Crippen LogP contribution in [0, 0.1) is 0 Å². The lowest BCUT2D eigenvalue weighted by molar-refractivity contribution is 0.668. The predicted octanol–water partition coefficient (Wildman–Crippen LogP) is 41.0. The van der Waals surface area contributed by atoms with Crippen LogP contribution >= 0.6 is 11.3 Å². The number of furan rings is 3. The van der Waals surface area contributed by atoms with Crippen LogP contribution in [0.4, 0.5) is 0 Å². The highest BCUT2D eigenvalue weighted by Gasteiger charge is 2.25. The summed E-state index contributed by atoms with van der Waals surface area (Å²) in [5.41, 5.74) is 46.1. The van der Waals surface area contributed by atoms with Gasteiger partial charge in [-0.05, 0) is 344 Å². The molecule has 0 atom stereocenters. The molecule has 5 nitrogen and oxygen atoms in total. The smallest absolute Gasteiger partial charge is 0.143 e. The van der Waals surface area contributed by atoms with Crippen molar-refractivity contribution in [1.29, 1.82) is 0 Å². The van der Waals surface area contributed by atoms with Gasteiger partial charge in [-0.1, -0.05) is 346 Å². The largest absolute Gasteiger partial charge is 0.456 e. The van der Waals surface area contributed by atoms with Crippen molar-refractivity contribution < 1.29 is 13.3 Å². The highest BCUT2D eigenvalue weighted by Crippen LogP contribution is 2.50. The average Bonchev–Trinajstić information content (AvgIpc) is 1.57. The van der Waals surface area contributed by atoms with Gasteiger partial charge in [0.05, 0.1) is 22.1 Å². The van der Waals surface area contributed by atoms with E-state index >= 15 is 0 Å². The first-order chi connectivity index (χ1) is 74.2. The molecular formula is C144H88N2O3S. The second kappa shape index (κ2) is 35.2. The van der Waals surface area contributed by atoms with Gasteiger partial charge in [0.25, 0.3) is 0 Å². The minimum Gasteiger partial charge on any atom is -0.456 e. The van der Waals surface area contributed by atoms with Crippen molar-refractivity contribution in [2.45, 2.75) is 0 Å². The zero-order valence-corrected chi connectivity index (χ0v) is 82.2. The Balaban J connectivity index is 0.479. The lowest BCUT2D eigenvalue weighted by Crippen LogP contribution is -1.95. The van der Waals surface area contributed by atoms with Crippen LogP contribution in [0.2, 0.25) is 0 Å². The maximum atomic E-state index is 7.27. The van der Waals surface area contributed by atoms with E-state index in [1.165, 1.54) is 97.3 Å². The Morgan fingerprint density at radius 1 is 0.133 bits per heavy atom. The minimum atomic E-state index is 0.818. The number of aromatic nitrogens is 2. The van der Waals surface area contributed by atoms with E-state index in [4.69, 9.17) is 13.3 Å². The van der Waals surface area contributed by atoms with Crippen LogP contribution < -0.4 is 0 Å². The first-order valence-electron chi connectivity index (χ1n) is 51.3. The number of nitrogens with zero attached hydrogens (tertiary/aromatic N) is 2. The van der Waals surface area contributed by atoms with Gasteiger partial charge in [-0.15, -0.1) is 11.3 Å². The summed E-state index contributed by atoms with van der Waals surface area (Å²) in [5, 5.41) is 13.8. The molecule has 150 heavy (non-hydrogen) atoms. The van der Waals surface area contributed by atoms with Crippen molar-refractivity contribution in [1.82, 2.24) is 9.13 Å². The Morgan fingerprint density at radius 3 is 0.853 bits per heavy atom. The van der Waals surface area contributed by atoms with E-state index in [-0.39, 0.29) is 0 Å². The molecule has 0 radical (unpaired) electrons. The summed E-state index contributed by atoms with van der Waals surface area (Å²) in [6, 6.07) is 196. The first kappa shape index (κ1) is 86.0. The third-order valence-electron chi connectivity index (χ3n) is 30.8. The van der Waals surface area contributed by atoms with Crippen molar-refractivity contribution in [3.8, 4) is 178 Å². The minimum absolute atomic E-state index is 0.818. The van der Waals surface area contributed by atoms with E-state index in [0.29, 0.717) is 0 Å². The number of hydrogen-bond donors (Lipinski definition) is 0. The van der Waals surface area contributed by atoms with Crippen LogP contribution in [0.1, 0.15) is 0 Å². The molecule has 30 rings (SSSR count). The molecule has 0 aliphatic carbocycles. The lowest BCUT2D eigenvalue weighted by Gasteiger charge is -2.14. The number of fused-ring (bicyclic) bond motifs is 18. The lowest BCUT2D eigenvalue weighted by atomic mass is 9.91. The first-order valence-corrected chi connectivity index (χ1v) is 52.1. The Labute approximate surface area is 868 Å². The molecule has 0 aliphatic rings. The summed E-state index contributed by atoms with van der Waals surface area (Å²) < 4.78 is 27.6. The average molecular weight is 1930 g/mol. The summed E-state index contributed by atoms with van der Waals surface area (Å²) in [6.07, 6.45) is 0. The van der Waals surface area contributed by atoms with Crippen molar-refractivity contribution in [2.75, 3.05) is 0 Å². The molecule has 6 aromatic heterocycles. The molecule has 0 saturated heterocycles. The van der Waals surface area contributed by atoms with Gasteiger partial charge in [-0.2, -0.15) is 0 Å². The standard InChI is InChI=1S/C144H88N2O3S/c1-2-25-89(26-3-1)90-27-14-28-91(69-90)92-29-17-39-102(72-92)108-45-24-48-115(79-108)125-87-118(88-132-123-53-8-13-58-142(123)150-144(125)132)146-135-56-11-6-51-121(135)126-80-110(59-64-136(126)146)103-40-19-35-98(74-103)94-31-15-30-93(70-94)97-34-18-38-101(73-97)107-44-23-47-114(78-107)124-84-116(109-46-22-43-106(77-109)112-61-66-139-128(82-112)130-86-117(63-68-140(130)148-139)145-133-54-9-4-49-119(133)120-50-5-10-55-134(120)145)85-131-129-83-113(62-67-141(129)149-143(124)131)105-42-21-37-100(76-105)96-33-16-32-95(71-96)99-36-20-41-104(75-99)111-60-65-138-127(81-111)122-52-7-12-57-137(122)147-138/h1-88H. The number of benzene rings is 24. The zero-order chi connectivity index (χ0) is 98.5. The van der Waals surface area contributed by atoms with E-state index in [9.17, 15) is 0 Å². The molecule has 24 aromatic carbocycles. The zero-order valence-electron chi connectivity index (χ0n) is 81.3. The van der Waals surface area contributed by atoms with Crippen molar-refractivity contribution in [2.24, 2.45) is 0 Å². The van der Waals surface area contributed by atoms with Crippen molar-refractivity contribution >= 4 is 141 Å². The molecule has 0 bridgehead atoms. The molecule has 0 amide bonds. The Morgan fingerprint density at radius 2 is 0.407 bits per heavy atom. The summed E-state index contributed by atoms with van der Waals surface area (Å²) >= 11 is 1.88. The summed E-state index contributed by atoms with van der Waals surface area (Å²) in [7, 11) is 0. The number of thiophene rings is 1. The topological polar surface area (TPSA) is 49.3 Å². The molecule has 0 fully saturated rings. The van der Waals surface area contributed by atoms with Gasteiger partial charge in [0, 0.05) is 96.5 Å². The molecular weight excluding hydrogens is 1840 g/mol. The fraction of sp³-hybridized carbons (Fsp3) is 0. The number of hydrogen-bond acceptors (Lipinski definition) is 4. The second-order valence-electron chi connectivity index (χ2n) is 39.7. The maximum Gasteiger partial charge on any atom is 0.143 e. The highest BCUT2D eigenvalue weighted by molar-refractivity contribution is 7.26. The molecule has 0 unspecified atom stereocenters. The van der Waals surface area contributed by atoms with Gasteiger partial charge in [0.1, 0.15) is 33.5 Å². The summed E-state index contributed by atoms with van der Waals surface area (Å²) in [6.45, 7) is 0. The molecule has 0 aliphatic heterocycles. The fourth-order valence-corrected chi connectivity index (χ4v) is 24.7. The van der Waals surface area contributed by atoms with Crippen LogP contribution in [-0.2, 0) is 0 Å². The molecule has 0 spiro atoms. The van der Waals surface area contributed by atoms with Gasteiger partial charge in [0.2, 0.25) is 0 Å². The third-order valence-corrected chi connectivity index (χ3v) is 32.1. The number of rotatable bonds is 17. The molecule has 30 aromatic rings. The van der Waals surface area contributed by atoms with Crippen LogP contribution in [0.5, 0.6) is 0 Å². The molecule has 0 saturated carbocycles. The summed E-state index contributed by atoms with van der Waals surface area (Å²) in [5.74, 6) is 0. The van der Waals surface area contributed by atoms with E-state index in [2.05, 4.69) is 531 Å². The van der Waals surface area contributed by atoms with E-state index < -0.39 is 0 Å². The van der Waals surface area contributed by atoms with Gasteiger partial charge >= 0.3 is 0 Å². The SMILES string of the molecule is c1ccc(-c2cccc(-c3cccc(-c4cccc(-c5cc(-n6c7ccccc7c7cc(-c8cccc(-c9cccc(-c%10cccc(-c%11cccc(-c%12cc(-c%13cccc(-c%14ccc%15oc%16ccc(-n%17c%18ccccc%18c%18ccccc%18%17)cc%16c%15c%14)c%13)cc%13c%12oc%12ccc(-c%14cccc(-c%15cccc(-c%16cccc(-c%17ccc%18oc%19ccccc%19c%18c%17)c%16)c%15)c%14)cc%12%13)c%11)c%10)c9)c8)ccc76)cc6c5sc5ccccc56)c4)c3)c2)cc1. The molecule has 6 heterocycles. The van der Waals surface area contributed by atoms with E-state index in [0.717, 1.165) is 211 Å². The Kier molecular flexibility index (Phi) is 20.2. The van der Waals surface area contributed by atoms with E-state index in [1.807, 2.05) is 23.5 Å². The predicted molar refractivity (Wildman–Crippen MR) is 631 cm³/mol. The Bertz CT molecular complexity index is 10700. The molecule has 6 heteroatoms. The van der Waals surface area contributed by atoms with Gasteiger partial charge in [0.15, 0.2) is 0 Å². The Hall–Kier alpha value is -19.5. The quantitative estimate of drug-likeness (QED) is 0.0913. The molecule has 698 valence electrons. The fourth-order valence-electron chi connectivity index (χ4n) is 23.5. The van der Waals surface area contributed by atoms with Crippen LogP contribution in [0.25, 0.3) is 308 Å². The van der Waals surface area contributed by atoms with Crippen molar-refractivity contribution in [3.05, 3.63) is 534 Å². The second-order valence-corrected chi connectivity index (χ2v) is 40.7. The summed E-state index contributed by atoms with van der Waals surface area (Å²) in [4.78, 5) is 0.